The van der Waals surface area contributed by atoms with Gasteiger partial charge in [0.1, 0.15) is 5.82 Å². The highest BCUT2D eigenvalue weighted by molar-refractivity contribution is 7.71. The van der Waals surface area contributed by atoms with Gasteiger partial charge in [-0.25, -0.2) is 9.18 Å². The first-order chi connectivity index (χ1) is 15.0. The van der Waals surface area contributed by atoms with E-state index >= 15 is 0 Å². The molecular formula is C22H23FN4O3S. The number of fused-ring (bicyclic) bond motifs is 1. The Morgan fingerprint density at radius 2 is 1.87 bits per heavy atom. The van der Waals surface area contributed by atoms with E-state index in [0.717, 1.165) is 26.2 Å². The van der Waals surface area contributed by atoms with E-state index < -0.39 is 5.97 Å². The summed E-state index contributed by atoms with van der Waals surface area (Å²) in [5.74, 6) is -0.680. The van der Waals surface area contributed by atoms with Gasteiger partial charge in [-0.1, -0.05) is 12.1 Å². The number of aromatic amines is 1. The molecule has 0 unspecified atom stereocenters. The van der Waals surface area contributed by atoms with Crippen LogP contribution in [0.2, 0.25) is 0 Å². The van der Waals surface area contributed by atoms with Crippen molar-refractivity contribution in [3.8, 4) is 0 Å². The quantitative estimate of drug-likeness (QED) is 0.484. The van der Waals surface area contributed by atoms with Crippen LogP contribution in [0.1, 0.15) is 10.4 Å². The smallest absolute Gasteiger partial charge is 0.337 e. The number of nitrogens with zero attached hydrogens (tertiary/aromatic N) is 3. The molecule has 0 radical (unpaired) electrons. The summed E-state index contributed by atoms with van der Waals surface area (Å²) < 4.78 is 20.6. The predicted octanol–water partition coefficient (Wildman–Crippen LogP) is 2.81. The average Bonchev–Trinajstić information content (AvgIpc) is 2.79. The van der Waals surface area contributed by atoms with Crippen molar-refractivity contribution < 1.29 is 13.9 Å². The Hall–Kier alpha value is -3.04. The number of hydrogen-bond acceptors (Lipinski definition) is 6. The number of carbonyl (C=O) groups excluding carboxylic acids is 1. The minimum absolute atomic E-state index is 0.194. The maximum Gasteiger partial charge on any atom is 0.337 e. The Balaban J connectivity index is 1.45. The van der Waals surface area contributed by atoms with Crippen LogP contribution in [0.15, 0.2) is 47.3 Å². The summed E-state index contributed by atoms with van der Waals surface area (Å²) in [4.78, 5) is 32.0. The van der Waals surface area contributed by atoms with Gasteiger partial charge in [0.25, 0.3) is 5.56 Å². The van der Waals surface area contributed by atoms with E-state index in [-0.39, 0.29) is 11.4 Å². The fraction of sp³-hybridized carbons (Fsp3) is 0.318. The Bertz CT molecular complexity index is 1230. The Labute approximate surface area is 183 Å². The Morgan fingerprint density at radius 1 is 1.13 bits per heavy atom. The van der Waals surface area contributed by atoms with E-state index in [0.29, 0.717) is 40.0 Å². The number of nitrogens with one attached hydrogen (secondary N) is 1. The average molecular weight is 443 g/mol. The van der Waals surface area contributed by atoms with E-state index in [1.807, 2.05) is 11.0 Å². The van der Waals surface area contributed by atoms with Gasteiger partial charge in [0.2, 0.25) is 0 Å². The summed E-state index contributed by atoms with van der Waals surface area (Å²) in [5.41, 5.74) is 1.29. The first kappa shape index (κ1) is 21.2. The van der Waals surface area contributed by atoms with E-state index in [4.69, 9.17) is 17.0 Å². The molecule has 1 aliphatic heterocycles. The number of benzene rings is 2. The van der Waals surface area contributed by atoms with Crippen LogP contribution in [0, 0.1) is 10.6 Å². The van der Waals surface area contributed by atoms with Crippen LogP contribution in [-0.4, -0.2) is 60.3 Å². The zero-order valence-electron chi connectivity index (χ0n) is 17.1. The normalized spacial score (nSPS) is 14.7. The lowest BCUT2D eigenvalue weighted by molar-refractivity contribution is 0.0601. The molecule has 4 rings (SSSR count). The number of ether oxygens (including phenoxy) is 1. The third kappa shape index (κ3) is 4.38. The molecule has 1 aliphatic rings. The van der Waals surface area contributed by atoms with Gasteiger partial charge in [-0.2, -0.15) is 0 Å². The molecule has 0 aliphatic carbocycles. The molecule has 1 saturated heterocycles. The van der Waals surface area contributed by atoms with Crippen molar-refractivity contribution in [3.05, 3.63) is 69.0 Å². The summed E-state index contributed by atoms with van der Waals surface area (Å²) in [6.45, 7) is 4.09. The largest absolute Gasteiger partial charge is 0.465 e. The summed E-state index contributed by atoms with van der Waals surface area (Å²) in [5, 5.41) is 0.464. The topological polar surface area (TPSA) is 70.6 Å². The standard InChI is InChI=1S/C22H23FN4O3S/c1-30-21(29)15-6-7-16-18(14-15)24-22(31)27(20(16)28)13-10-25-8-11-26(12-9-25)19-5-3-2-4-17(19)23/h2-7,14H,8-13H2,1H3,(H,24,31). The predicted molar refractivity (Wildman–Crippen MR) is 120 cm³/mol. The van der Waals surface area contributed by atoms with Crippen molar-refractivity contribution in [1.82, 2.24) is 14.5 Å². The summed E-state index contributed by atoms with van der Waals surface area (Å²) in [6.07, 6.45) is 0. The molecule has 162 valence electrons. The van der Waals surface area contributed by atoms with Gasteiger partial charge in [-0.3, -0.25) is 14.3 Å². The molecule has 0 bridgehead atoms. The van der Waals surface area contributed by atoms with Gasteiger partial charge < -0.3 is 14.6 Å². The first-order valence-corrected chi connectivity index (χ1v) is 10.5. The highest BCUT2D eigenvalue weighted by atomic mass is 32.1. The zero-order valence-corrected chi connectivity index (χ0v) is 18.0. The van der Waals surface area contributed by atoms with Crippen LogP contribution in [0.4, 0.5) is 10.1 Å². The molecule has 0 atom stereocenters. The number of para-hydroxylation sites is 1. The Morgan fingerprint density at radius 3 is 2.58 bits per heavy atom. The molecule has 2 aromatic carbocycles. The van der Waals surface area contributed by atoms with E-state index in [1.54, 1.807) is 34.9 Å². The first-order valence-electron chi connectivity index (χ1n) is 10.0. The third-order valence-electron chi connectivity index (χ3n) is 5.61. The number of aromatic nitrogens is 2. The van der Waals surface area contributed by atoms with Crippen molar-refractivity contribution in [1.29, 1.82) is 0 Å². The molecule has 1 aromatic heterocycles. The lowest BCUT2D eigenvalue weighted by atomic mass is 10.1. The maximum absolute atomic E-state index is 14.0. The van der Waals surface area contributed by atoms with Crippen LogP contribution in [-0.2, 0) is 11.3 Å². The molecule has 31 heavy (non-hydrogen) atoms. The van der Waals surface area contributed by atoms with E-state index in [1.165, 1.54) is 13.2 Å². The molecule has 2 heterocycles. The van der Waals surface area contributed by atoms with Crippen molar-refractivity contribution in [2.75, 3.05) is 44.7 Å². The Kier molecular flexibility index (Phi) is 6.15. The second-order valence-electron chi connectivity index (χ2n) is 7.42. The molecule has 0 spiro atoms. The van der Waals surface area contributed by atoms with Gasteiger partial charge in [-0.05, 0) is 42.5 Å². The molecule has 1 fully saturated rings. The number of rotatable bonds is 5. The number of carbonyl (C=O) groups is 1. The van der Waals surface area contributed by atoms with Gasteiger partial charge in [-0.15, -0.1) is 0 Å². The van der Waals surface area contributed by atoms with E-state index in [9.17, 15) is 14.0 Å². The number of esters is 1. The number of methoxy groups -OCH3 is 1. The summed E-state index contributed by atoms with van der Waals surface area (Å²) in [6, 6.07) is 11.6. The third-order valence-corrected chi connectivity index (χ3v) is 5.93. The molecule has 0 saturated carbocycles. The van der Waals surface area contributed by atoms with Crippen molar-refractivity contribution in [3.63, 3.8) is 0 Å². The van der Waals surface area contributed by atoms with E-state index in [2.05, 4.69) is 9.88 Å². The minimum Gasteiger partial charge on any atom is -0.465 e. The molecule has 9 heteroatoms. The van der Waals surface area contributed by atoms with Crippen molar-refractivity contribution in [2.24, 2.45) is 0 Å². The highest BCUT2D eigenvalue weighted by Gasteiger charge is 2.19. The van der Waals surface area contributed by atoms with Gasteiger partial charge in [0, 0.05) is 39.3 Å². The van der Waals surface area contributed by atoms with Crippen molar-refractivity contribution >= 4 is 34.8 Å². The van der Waals surface area contributed by atoms with Crippen LogP contribution in [0.3, 0.4) is 0 Å². The van der Waals surface area contributed by atoms with Crippen LogP contribution in [0.25, 0.3) is 10.9 Å². The second-order valence-corrected chi connectivity index (χ2v) is 7.81. The highest BCUT2D eigenvalue weighted by Crippen LogP contribution is 2.20. The van der Waals surface area contributed by atoms with Crippen molar-refractivity contribution in [2.45, 2.75) is 6.54 Å². The summed E-state index contributed by atoms with van der Waals surface area (Å²) in [7, 11) is 1.31. The maximum atomic E-state index is 14.0. The van der Waals surface area contributed by atoms with Gasteiger partial charge in [0.15, 0.2) is 4.77 Å². The lowest BCUT2D eigenvalue weighted by Crippen LogP contribution is -2.47. The van der Waals surface area contributed by atoms with Crippen LogP contribution >= 0.6 is 12.2 Å². The lowest BCUT2D eigenvalue weighted by Gasteiger charge is -2.36. The SMILES string of the molecule is COC(=O)c1ccc2c(=O)n(CCN3CCN(c4ccccc4F)CC3)c(=S)[nH]c2c1. The van der Waals surface area contributed by atoms with Gasteiger partial charge >= 0.3 is 5.97 Å². The molecule has 1 N–H and O–H groups in total. The summed E-state index contributed by atoms with van der Waals surface area (Å²) >= 11 is 5.39. The molecular weight excluding hydrogens is 419 g/mol. The second kappa shape index (κ2) is 8.99. The minimum atomic E-state index is -0.472. The fourth-order valence-electron chi connectivity index (χ4n) is 3.86. The fourth-order valence-corrected chi connectivity index (χ4v) is 4.15. The number of anilines is 1. The van der Waals surface area contributed by atoms with Crippen LogP contribution < -0.4 is 10.5 Å². The molecule has 3 aromatic rings. The van der Waals surface area contributed by atoms with Crippen LogP contribution in [0.5, 0.6) is 0 Å². The number of H-pyrrole nitrogens is 1. The zero-order chi connectivity index (χ0) is 22.0. The molecule has 7 nitrogen and oxygen atoms in total. The van der Waals surface area contributed by atoms with Gasteiger partial charge in [0.05, 0.1) is 29.3 Å². The monoisotopic (exact) mass is 442 g/mol. The number of piperazine rings is 1. The number of hydrogen-bond donors (Lipinski definition) is 1. The number of halogens is 1. The molecule has 0 amide bonds.